The van der Waals surface area contributed by atoms with Crippen LogP contribution in [-0.4, -0.2) is 25.9 Å². The Bertz CT molecular complexity index is 1890. The zero-order chi connectivity index (χ0) is 32.1. The number of nitrogens with zero attached hydrogens (tertiary/aromatic N) is 2. The first-order valence-corrected chi connectivity index (χ1v) is 15.0. The van der Waals surface area contributed by atoms with Crippen LogP contribution in [0.15, 0.2) is 115 Å². The van der Waals surface area contributed by atoms with Crippen molar-refractivity contribution in [2.24, 2.45) is 5.41 Å². The predicted molar refractivity (Wildman–Crippen MR) is 178 cm³/mol. The van der Waals surface area contributed by atoms with E-state index in [-0.39, 0.29) is 37.8 Å². The number of para-hydroxylation sites is 2. The molecular formula is C39H37F2N2O2Pt-. The van der Waals surface area contributed by atoms with Crippen molar-refractivity contribution in [1.82, 2.24) is 9.55 Å². The number of pyridine rings is 1. The molecule has 4 aromatic carbocycles. The molecule has 2 aromatic heterocycles. The maximum absolute atomic E-state index is 14.0. The third-order valence-electron chi connectivity index (χ3n) is 7.70. The second kappa shape index (κ2) is 15.0. The first-order chi connectivity index (χ1) is 21.5. The summed E-state index contributed by atoms with van der Waals surface area (Å²) < 4.78 is 29.4. The third kappa shape index (κ3) is 8.17. The number of aromatic nitrogens is 2. The Morgan fingerprint density at radius 3 is 1.93 bits per heavy atom. The van der Waals surface area contributed by atoms with Gasteiger partial charge in [-0.1, -0.05) is 93.1 Å². The van der Waals surface area contributed by atoms with Crippen LogP contribution in [0, 0.1) is 23.1 Å². The molecule has 6 rings (SSSR count). The first kappa shape index (κ1) is 34.7. The second-order valence-electron chi connectivity index (χ2n) is 12.2. The Morgan fingerprint density at radius 2 is 1.43 bits per heavy atom. The van der Waals surface area contributed by atoms with Crippen LogP contribution >= 0.6 is 0 Å². The SMILES string of the molecule is CC(O)=CC(O)C(C)(C)C.Fc1c[c-]c(-c2ccc(CCc3ccc(-n4c5ccccc5c5ccccc54)cc3)cn2)c(F)c1.[Pt]. The van der Waals surface area contributed by atoms with Gasteiger partial charge in [0.2, 0.25) is 0 Å². The third-order valence-corrected chi connectivity index (χ3v) is 7.70. The van der Waals surface area contributed by atoms with Crippen molar-refractivity contribution in [1.29, 1.82) is 0 Å². The molecule has 0 fully saturated rings. The summed E-state index contributed by atoms with van der Waals surface area (Å²) in [4.78, 5) is 4.36. The van der Waals surface area contributed by atoms with E-state index in [0.717, 1.165) is 36.2 Å². The monoisotopic (exact) mass is 798 g/mol. The molecule has 0 amide bonds. The number of halogens is 2. The van der Waals surface area contributed by atoms with Gasteiger partial charge in [-0.3, -0.25) is 8.78 Å². The Hall–Kier alpha value is -4.12. The molecule has 2 heterocycles. The minimum absolute atomic E-state index is 0. The van der Waals surface area contributed by atoms with Gasteiger partial charge in [0.1, 0.15) is 0 Å². The number of allylic oxidation sites excluding steroid dienone is 1. The molecule has 0 spiro atoms. The van der Waals surface area contributed by atoms with Crippen molar-refractivity contribution in [2.75, 3.05) is 0 Å². The van der Waals surface area contributed by atoms with Gasteiger partial charge in [0.15, 0.2) is 0 Å². The number of aryl methyl sites for hydroxylation is 2. The molecule has 1 atom stereocenters. The minimum Gasteiger partial charge on any atom is -0.513 e. The molecule has 0 aliphatic rings. The first-order valence-electron chi connectivity index (χ1n) is 15.0. The van der Waals surface area contributed by atoms with E-state index in [1.165, 1.54) is 33.4 Å². The molecule has 0 aliphatic heterocycles. The van der Waals surface area contributed by atoms with Crippen molar-refractivity contribution < 1.29 is 40.1 Å². The van der Waals surface area contributed by atoms with Crippen LogP contribution in [0.4, 0.5) is 8.78 Å². The van der Waals surface area contributed by atoms with Crippen LogP contribution in [0.1, 0.15) is 38.8 Å². The molecule has 6 aromatic rings. The summed E-state index contributed by atoms with van der Waals surface area (Å²) in [6, 6.07) is 34.0. The summed E-state index contributed by atoms with van der Waals surface area (Å²) in [5.74, 6) is -1.14. The van der Waals surface area contributed by atoms with Gasteiger partial charge >= 0.3 is 0 Å². The summed E-state index contributed by atoms with van der Waals surface area (Å²) >= 11 is 0. The van der Waals surface area contributed by atoms with Crippen LogP contribution in [0.2, 0.25) is 0 Å². The molecular weight excluding hydrogens is 762 g/mol. The van der Waals surface area contributed by atoms with Crippen molar-refractivity contribution in [3.05, 3.63) is 144 Å². The number of aliphatic hydroxyl groups excluding tert-OH is 2. The van der Waals surface area contributed by atoms with Crippen LogP contribution in [0.3, 0.4) is 0 Å². The zero-order valence-corrected chi connectivity index (χ0v) is 28.5. The number of benzene rings is 4. The van der Waals surface area contributed by atoms with Gasteiger partial charge in [0, 0.05) is 55.4 Å². The van der Waals surface area contributed by atoms with E-state index in [0.29, 0.717) is 5.69 Å². The smallest absolute Gasteiger partial charge is 0.0877 e. The zero-order valence-electron chi connectivity index (χ0n) is 26.2. The quantitative estimate of drug-likeness (QED) is 0.131. The van der Waals surface area contributed by atoms with Crippen molar-refractivity contribution in [2.45, 2.75) is 46.6 Å². The van der Waals surface area contributed by atoms with Gasteiger partial charge in [0.25, 0.3) is 0 Å². The molecule has 2 N–H and O–H groups in total. The van der Waals surface area contributed by atoms with Crippen LogP contribution in [0.5, 0.6) is 0 Å². The molecule has 4 nitrogen and oxygen atoms in total. The summed E-state index contributed by atoms with van der Waals surface area (Å²) in [6.45, 7) is 7.29. The van der Waals surface area contributed by atoms with Crippen molar-refractivity contribution in [3.63, 3.8) is 0 Å². The van der Waals surface area contributed by atoms with E-state index < -0.39 is 17.7 Å². The molecule has 0 radical (unpaired) electrons. The van der Waals surface area contributed by atoms with Gasteiger partial charge in [0.05, 0.1) is 22.9 Å². The minimum atomic E-state index is -0.659. The molecule has 46 heavy (non-hydrogen) atoms. The number of aliphatic hydroxyl groups is 2. The number of hydrogen-bond acceptors (Lipinski definition) is 3. The average molecular weight is 799 g/mol. The van der Waals surface area contributed by atoms with Gasteiger partial charge in [-0.15, -0.1) is 12.1 Å². The average Bonchev–Trinajstić information content (AvgIpc) is 3.35. The Labute approximate surface area is 283 Å². The standard InChI is InChI=1S/C31H21F2N2.C8H16O2.Pt/c32-23-14-17-27(28(33)19-23)29-18-13-22(20-34-29)10-9-21-11-15-24(16-12-21)35-30-7-3-1-5-25(30)26-6-2-4-8-31(26)35;1-6(9)5-7(10)8(2,3)4;/h1-8,11-16,18-20H,9-10H2;5,7,9-10H,1-4H3;/q-1;;. The number of fused-ring (bicyclic) bond motifs is 3. The molecule has 0 saturated heterocycles. The predicted octanol–water partition coefficient (Wildman–Crippen LogP) is 9.56. The summed E-state index contributed by atoms with van der Waals surface area (Å²) in [5.41, 5.74) is 6.25. The fourth-order valence-corrected chi connectivity index (χ4v) is 5.14. The Balaban J connectivity index is 0.000000381. The van der Waals surface area contributed by atoms with Gasteiger partial charge in [-0.25, -0.2) is 0 Å². The molecule has 240 valence electrons. The number of hydrogen-bond donors (Lipinski definition) is 2. The molecule has 0 saturated carbocycles. The summed E-state index contributed by atoms with van der Waals surface area (Å²) in [6.07, 6.45) is 4.30. The topological polar surface area (TPSA) is 58.3 Å². The summed E-state index contributed by atoms with van der Waals surface area (Å²) in [7, 11) is 0. The number of rotatable bonds is 6. The van der Waals surface area contributed by atoms with E-state index >= 15 is 0 Å². The fraction of sp³-hybridized carbons (Fsp3) is 0.205. The Kier molecular flexibility index (Phi) is 11.3. The van der Waals surface area contributed by atoms with Crippen LogP contribution < -0.4 is 0 Å². The van der Waals surface area contributed by atoms with Crippen molar-refractivity contribution in [3.8, 4) is 16.9 Å². The maximum Gasteiger partial charge on any atom is 0.0877 e. The second-order valence-corrected chi connectivity index (χ2v) is 12.2. The van der Waals surface area contributed by atoms with E-state index in [1.807, 2.05) is 26.8 Å². The van der Waals surface area contributed by atoms with E-state index in [9.17, 15) is 13.9 Å². The van der Waals surface area contributed by atoms with Crippen molar-refractivity contribution >= 4 is 21.8 Å². The van der Waals surface area contributed by atoms with Gasteiger partial charge in [-0.05, 0) is 72.3 Å². The molecule has 0 bridgehead atoms. The van der Waals surface area contributed by atoms with E-state index in [2.05, 4.69) is 88.4 Å². The molecule has 0 aliphatic carbocycles. The molecule has 7 heteroatoms. The van der Waals surface area contributed by atoms with E-state index in [1.54, 1.807) is 19.2 Å². The van der Waals surface area contributed by atoms with Gasteiger partial charge in [-0.2, -0.15) is 0 Å². The normalized spacial score (nSPS) is 12.4. The van der Waals surface area contributed by atoms with Crippen LogP contribution in [-0.2, 0) is 33.9 Å². The van der Waals surface area contributed by atoms with E-state index in [4.69, 9.17) is 5.11 Å². The van der Waals surface area contributed by atoms with Gasteiger partial charge < -0.3 is 19.8 Å². The fourth-order valence-electron chi connectivity index (χ4n) is 5.14. The molecule has 1 unspecified atom stereocenters. The largest absolute Gasteiger partial charge is 0.513 e. The van der Waals surface area contributed by atoms with Crippen LogP contribution in [0.25, 0.3) is 38.8 Å². The Morgan fingerprint density at radius 1 is 0.870 bits per heavy atom. The summed E-state index contributed by atoms with van der Waals surface area (Å²) in [5, 5.41) is 20.6. The maximum atomic E-state index is 14.0.